The number of nitrogens with two attached hydrogens (primary N) is 1. The molecule has 0 unspecified atom stereocenters. The zero-order chi connectivity index (χ0) is 9.90. The van der Waals surface area contributed by atoms with Crippen LogP contribution in [0.2, 0.25) is 0 Å². The molecule has 0 bridgehead atoms. The molecular formula is C8H13N5. The maximum Gasteiger partial charge on any atom is 0.252 e. The smallest absolute Gasteiger partial charge is 0.252 e. The van der Waals surface area contributed by atoms with Crippen molar-refractivity contribution in [3.8, 4) is 6.07 Å². The Hall–Kier alpha value is -1.41. The summed E-state index contributed by atoms with van der Waals surface area (Å²) in [5.74, 6) is 0.202. The molecule has 13 heavy (non-hydrogen) atoms. The number of aromatic nitrogens is 3. The average Bonchev–Trinajstić information content (AvgIpc) is 2.52. The van der Waals surface area contributed by atoms with E-state index in [0.717, 1.165) is 0 Å². The molecule has 1 heterocycles. The second-order valence-electron chi connectivity index (χ2n) is 3.75. The first kappa shape index (κ1) is 9.68. The molecule has 0 fully saturated rings. The van der Waals surface area contributed by atoms with E-state index in [1.54, 1.807) is 11.0 Å². The first-order chi connectivity index (χ1) is 6.07. The summed E-state index contributed by atoms with van der Waals surface area (Å²) in [5, 5.41) is 12.4. The van der Waals surface area contributed by atoms with E-state index in [4.69, 9.17) is 11.0 Å². The van der Waals surface area contributed by atoms with E-state index in [9.17, 15) is 0 Å². The molecule has 5 nitrogen and oxygen atoms in total. The van der Waals surface area contributed by atoms with Gasteiger partial charge in [-0.15, -0.1) is 5.10 Å². The van der Waals surface area contributed by atoms with Crippen LogP contribution in [0.3, 0.4) is 0 Å². The van der Waals surface area contributed by atoms with E-state index >= 15 is 0 Å². The predicted octanol–water partition coefficient (Wildman–Crippen LogP) is 0.135. The monoisotopic (exact) mass is 179 g/mol. The lowest BCUT2D eigenvalue weighted by molar-refractivity contribution is 0.301. The van der Waals surface area contributed by atoms with Crippen molar-refractivity contribution in [2.24, 2.45) is 11.1 Å². The summed E-state index contributed by atoms with van der Waals surface area (Å²) in [7, 11) is 0. The fraction of sp³-hybridized carbons (Fsp3) is 0.625. The topological polar surface area (TPSA) is 80.5 Å². The highest BCUT2D eigenvalue weighted by atomic mass is 15.3. The van der Waals surface area contributed by atoms with Gasteiger partial charge in [-0.2, -0.15) is 5.26 Å². The summed E-state index contributed by atoms with van der Waals surface area (Å²) in [6.45, 7) is 5.34. The molecule has 2 N–H and O–H groups in total. The third-order valence-electron chi connectivity index (χ3n) is 1.78. The van der Waals surface area contributed by atoms with Gasteiger partial charge in [0.15, 0.2) is 0 Å². The molecule has 0 atom stereocenters. The van der Waals surface area contributed by atoms with E-state index < -0.39 is 0 Å². The molecule has 0 aliphatic rings. The summed E-state index contributed by atoms with van der Waals surface area (Å²) < 4.78 is 1.64. The van der Waals surface area contributed by atoms with Crippen LogP contribution in [-0.2, 0) is 6.54 Å². The van der Waals surface area contributed by atoms with E-state index in [1.165, 1.54) is 0 Å². The molecule has 1 aromatic rings. The maximum absolute atomic E-state index is 8.49. The molecule has 1 aromatic heterocycles. The standard InChI is InChI=1S/C8H13N5/c1-8(2,4-10)5-13-6-11-7(3-9)12-13/h6H,4-5,10H2,1-2H3. The van der Waals surface area contributed by atoms with E-state index in [1.807, 2.05) is 19.9 Å². The fourth-order valence-corrected chi connectivity index (χ4v) is 0.925. The molecule has 0 aliphatic carbocycles. The van der Waals surface area contributed by atoms with Crippen LogP contribution in [0.5, 0.6) is 0 Å². The van der Waals surface area contributed by atoms with Crippen LogP contribution in [-0.4, -0.2) is 21.3 Å². The predicted molar refractivity (Wildman–Crippen MR) is 47.6 cm³/mol. The Labute approximate surface area is 77.2 Å². The molecule has 1 rings (SSSR count). The Kier molecular flexibility index (Phi) is 2.63. The Bertz CT molecular complexity index is 320. The first-order valence-electron chi connectivity index (χ1n) is 4.07. The van der Waals surface area contributed by atoms with Crippen LogP contribution in [0, 0.1) is 16.7 Å². The molecule has 0 saturated heterocycles. The maximum atomic E-state index is 8.49. The van der Waals surface area contributed by atoms with Crippen molar-refractivity contribution in [1.82, 2.24) is 14.8 Å². The lowest BCUT2D eigenvalue weighted by atomic mass is 9.94. The van der Waals surface area contributed by atoms with E-state index in [2.05, 4.69) is 10.1 Å². The van der Waals surface area contributed by atoms with Gasteiger partial charge in [-0.25, -0.2) is 4.98 Å². The molecule has 70 valence electrons. The molecule has 0 aliphatic heterocycles. The second-order valence-corrected chi connectivity index (χ2v) is 3.75. The molecular weight excluding hydrogens is 166 g/mol. The van der Waals surface area contributed by atoms with Crippen molar-refractivity contribution in [3.05, 3.63) is 12.2 Å². The molecule has 0 saturated carbocycles. The molecule has 5 heteroatoms. The van der Waals surface area contributed by atoms with Gasteiger partial charge in [0.25, 0.3) is 5.82 Å². The van der Waals surface area contributed by atoms with Gasteiger partial charge in [0.05, 0.1) is 0 Å². The lowest BCUT2D eigenvalue weighted by Gasteiger charge is -2.21. The Morgan fingerprint density at radius 3 is 2.85 bits per heavy atom. The Morgan fingerprint density at radius 2 is 2.38 bits per heavy atom. The van der Waals surface area contributed by atoms with Gasteiger partial charge in [-0.05, 0) is 12.0 Å². The van der Waals surface area contributed by atoms with Gasteiger partial charge in [0.2, 0.25) is 0 Å². The Morgan fingerprint density at radius 1 is 1.69 bits per heavy atom. The van der Waals surface area contributed by atoms with Crippen LogP contribution in [0.25, 0.3) is 0 Å². The summed E-state index contributed by atoms with van der Waals surface area (Å²) in [6, 6.07) is 1.88. The van der Waals surface area contributed by atoms with Gasteiger partial charge < -0.3 is 5.73 Å². The minimum atomic E-state index is -0.0135. The van der Waals surface area contributed by atoms with Gasteiger partial charge in [0, 0.05) is 6.54 Å². The highest BCUT2D eigenvalue weighted by Crippen LogP contribution is 2.14. The minimum Gasteiger partial charge on any atom is -0.330 e. The van der Waals surface area contributed by atoms with Crippen molar-refractivity contribution in [1.29, 1.82) is 5.26 Å². The van der Waals surface area contributed by atoms with Gasteiger partial charge in [-0.1, -0.05) is 13.8 Å². The third kappa shape index (κ3) is 2.53. The number of nitriles is 1. The van der Waals surface area contributed by atoms with Crippen LogP contribution >= 0.6 is 0 Å². The highest BCUT2D eigenvalue weighted by Gasteiger charge is 2.16. The second kappa shape index (κ2) is 3.54. The molecule has 0 radical (unpaired) electrons. The SMILES string of the molecule is CC(C)(CN)Cn1cnc(C#N)n1. The van der Waals surface area contributed by atoms with Crippen LogP contribution in [0.1, 0.15) is 19.7 Å². The van der Waals surface area contributed by atoms with Crippen molar-refractivity contribution in [2.45, 2.75) is 20.4 Å². The van der Waals surface area contributed by atoms with E-state index in [-0.39, 0.29) is 11.2 Å². The first-order valence-corrected chi connectivity index (χ1v) is 4.07. The van der Waals surface area contributed by atoms with Gasteiger partial charge in [0.1, 0.15) is 12.4 Å². The fourth-order valence-electron chi connectivity index (χ4n) is 0.925. The lowest BCUT2D eigenvalue weighted by Crippen LogP contribution is -2.29. The van der Waals surface area contributed by atoms with Crippen molar-refractivity contribution in [3.63, 3.8) is 0 Å². The third-order valence-corrected chi connectivity index (χ3v) is 1.78. The number of hydrogen-bond donors (Lipinski definition) is 1. The minimum absolute atomic E-state index is 0.0135. The van der Waals surface area contributed by atoms with Crippen LogP contribution in [0.4, 0.5) is 0 Å². The van der Waals surface area contributed by atoms with Crippen LogP contribution in [0.15, 0.2) is 6.33 Å². The number of hydrogen-bond acceptors (Lipinski definition) is 4. The average molecular weight is 179 g/mol. The van der Waals surface area contributed by atoms with Gasteiger partial charge >= 0.3 is 0 Å². The quantitative estimate of drug-likeness (QED) is 0.715. The summed E-state index contributed by atoms with van der Waals surface area (Å²) in [5.41, 5.74) is 5.55. The summed E-state index contributed by atoms with van der Waals surface area (Å²) >= 11 is 0. The number of rotatable bonds is 3. The molecule has 0 amide bonds. The normalized spacial score (nSPS) is 11.2. The van der Waals surface area contributed by atoms with Gasteiger partial charge in [-0.3, -0.25) is 4.68 Å². The summed E-state index contributed by atoms with van der Waals surface area (Å²) in [6.07, 6.45) is 1.55. The van der Waals surface area contributed by atoms with Crippen LogP contribution < -0.4 is 5.73 Å². The zero-order valence-corrected chi connectivity index (χ0v) is 7.86. The van der Waals surface area contributed by atoms with Crippen molar-refractivity contribution < 1.29 is 0 Å². The Balaban J connectivity index is 2.70. The largest absolute Gasteiger partial charge is 0.330 e. The van der Waals surface area contributed by atoms with E-state index in [0.29, 0.717) is 13.1 Å². The molecule has 0 spiro atoms. The van der Waals surface area contributed by atoms with Crippen molar-refractivity contribution >= 4 is 0 Å². The molecule has 0 aromatic carbocycles. The summed E-state index contributed by atoms with van der Waals surface area (Å²) in [4.78, 5) is 3.80. The highest BCUT2D eigenvalue weighted by molar-refractivity contribution is 5.05. The van der Waals surface area contributed by atoms with Crippen molar-refractivity contribution in [2.75, 3.05) is 6.54 Å². The zero-order valence-electron chi connectivity index (χ0n) is 7.86. The number of nitrogens with zero attached hydrogens (tertiary/aromatic N) is 4.